The first-order valence-corrected chi connectivity index (χ1v) is 6.53. The molecule has 0 atom stereocenters. The van der Waals surface area contributed by atoms with Crippen molar-refractivity contribution in [3.8, 4) is 5.75 Å². The SMILES string of the molecule is CCC(C)(C)NC(=O)COc1ccc(C(=O)O)cc1C. The first kappa shape index (κ1) is 16.0. The number of aromatic carboxylic acids is 1. The maximum absolute atomic E-state index is 11.7. The van der Waals surface area contributed by atoms with Gasteiger partial charge in [-0.25, -0.2) is 4.79 Å². The molecule has 0 saturated carbocycles. The molecule has 0 spiro atoms. The summed E-state index contributed by atoms with van der Waals surface area (Å²) in [7, 11) is 0. The molecule has 0 fully saturated rings. The molecule has 0 aliphatic carbocycles. The Balaban J connectivity index is 2.62. The van der Waals surface area contributed by atoms with Crippen molar-refractivity contribution in [1.82, 2.24) is 5.32 Å². The Hall–Kier alpha value is -2.04. The molecule has 0 aromatic heterocycles. The smallest absolute Gasteiger partial charge is 0.335 e. The van der Waals surface area contributed by atoms with Gasteiger partial charge in [0, 0.05) is 5.54 Å². The molecule has 1 rings (SSSR count). The molecule has 1 aromatic carbocycles. The van der Waals surface area contributed by atoms with Gasteiger partial charge in [0.15, 0.2) is 6.61 Å². The molecule has 2 N–H and O–H groups in total. The standard InChI is InChI=1S/C15H21NO4/c1-5-15(3,4)16-13(17)9-20-12-7-6-11(14(18)19)8-10(12)2/h6-8H,5,9H2,1-4H3,(H,16,17)(H,18,19). The maximum Gasteiger partial charge on any atom is 0.335 e. The van der Waals surface area contributed by atoms with E-state index >= 15 is 0 Å². The number of hydrogen-bond acceptors (Lipinski definition) is 3. The van der Waals surface area contributed by atoms with E-state index in [0.717, 1.165) is 6.42 Å². The Labute approximate surface area is 118 Å². The van der Waals surface area contributed by atoms with Crippen LogP contribution < -0.4 is 10.1 Å². The van der Waals surface area contributed by atoms with Crippen LogP contribution >= 0.6 is 0 Å². The van der Waals surface area contributed by atoms with Gasteiger partial charge < -0.3 is 15.2 Å². The van der Waals surface area contributed by atoms with Crippen LogP contribution in [-0.2, 0) is 4.79 Å². The van der Waals surface area contributed by atoms with Gasteiger partial charge in [-0.3, -0.25) is 4.79 Å². The van der Waals surface area contributed by atoms with Gasteiger partial charge in [0.2, 0.25) is 0 Å². The van der Waals surface area contributed by atoms with Gasteiger partial charge in [0.05, 0.1) is 5.56 Å². The van der Waals surface area contributed by atoms with E-state index in [9.17, 15) is 9.59 Å². The molecule has 0 radical (unpaired) electrons. The summed E-state index contributed by atoms with van der Waals surface area (Å²) in [5.41, 5.74) is 0.627. The molecule has 20 heavy (non-hydrogen) atoms. The highest BCUT2D eigenvalue weighted by atomic mass is 16.5. The Morgan fingerprint density at radius 3 is 2.50 bits per heavy atom. The summed E-state index contributed by atoms with van der Waals surface area (Å²) in [4.78, 5) is 22.6. The highest BCUT2D eigenvalue weighted by Gasteiger charge is 2.18. The minimum Gasteiger partial charge on any atom is -0.484 e. The number of benzene rings is 1. The van der Waals surface area contributed by atoms with Crippen molar-refractivity contribution in [3.63, 3.8) is 0 Å². The summed E-state index contributed by atoms with van der Waals surface area (Å²) >= 11 is 0. The number of carbonyl (C=O) groups excluding carboxylic acids is 1. The lowest BCUT2D eigenvalue weighted by Crippen LogP contribution is -2.44. The van der Waals surface area contributed by atoms with Crippen molar-refractivity contribution in [2.45, 2.75) is 39.7 Å². The average molecular weight is 279 g/mol. The topological polar surface area (TPSA) is 75.6 Å². The number of rotatable bonds is 6. The third-order valence-electron chi connectivity index (χ3n) is 3.14. The zero-order valence-corrected chi connectivity index (χ0v) is 12.3. The van der Waals surface area contributed by atoms with Gasteiger partial charge in [0.1, 0.15) is 5.75 Å². The van der Waals surface area contributed by atoms with Gasteiger partial charge >= 0.3 is 5.97 Å². The second-order valence-electron chi connectivity index (χ2n) is 5.36. The fourth-order valence-electron chi connectivity index (χ4n) is 1.59. The van der Waals surface area contributed by atoms with Crippen LogP contribution in [0.25, 0.3) is 0 Å². The number of nitrogens with one attached hydrogen (secondary N) is 1. The summed E-state index contributed by atoms with van der Waals surface area (Å²) in [6.07, 6.45) is 0.824. The van der Waals surface area contributed by atoms with Crippen molar-refractivity contribution in [2.24, 2.45) is 0 Å². The molecular weight excluding hydrogens is 258 g/mol. The van der Waals surface area contributed by atoms with Gasteiger partial charge in [-0.15, -0.1) is 0 Å². The first-order valence-electron chi connectivity index (χ1n) is 6.53. The highest BCUT2D eigenvalue weighted by molar-refractivity contribution is 5.88. The third-order valence-corrected chi connectivity index (χ3v) is 3.14. The molecule has 5 heteroatoms. The number of carboxylic acids is 1. The summed E-state index contributed by atoms with van der Waals surface area (Å²) < 4.78 is 5.42. The molecule has 0 saturated heterocycles. The van der Waals surface area contributed by atoms with E-state index in [1.165, 1.54) is 12.1 Å². The predicted octanol–water partition coefficient (Wildman–Crippen LogP) is 2.38. The number of amides is 1. The lowest BCUT2D eigenvalue weighted by molar-refractivity contribution is -0.124. The molecule has 0 unspecified atom stereocenters. The quantitative estimate of drug-likeness (QED) is 0.838. The van der Waals surface area contributed by atoms with E-state index in [4.69, 9.17) is 9.84 Å². The van der Waals surface area contributed by atoms with E-state index in [0.29, 0.717) is 11.3 Å². The van der Waals surface area contributed by atoms with E-state index in [-0.39, 0.29) is 23.6 Å². The van der Waals surface area contributed by atoms with E-state index in [1.807, 2.05) is 20.8 Å². The monoisotopic (exact) mass is 279 g/mol. The van der Waals surface area contributed by atoms with Gasteiger partial charge in [0.25, 0.3) is 5.91 Å². The molecule has 1 amide bonds. The third kappa shape index (κ3) is 4.57. The summed E-state index contributed by atoms with van der Waals surface area (Å²) in [6.45, 7) is 7.54. The Morgan fingerprint density at radius 2 is 2.00 bits per heavy atom. The van der Waals surface area contributed by atoms with Crippen LogP contribution in [0, 0.1) is 6.92 Å². The minimum atomic E-state index is -0.984. The molecule has 0 heterocycles. The number of carboxylic acid groups (broad SMARTS) is 1. The summed E-state index contributed by atoms with van der Waals surface area (Å²) in [5.74, 6) is -0.667. The van der Waals surface area contributed by atoms with E-state index in [2.05, 4.69) is 5.32 Å². The molecule has 1 aromatic rings. The molecule has 0 bridgehead atoms. The zero-order valence-electron chi connectivity index (χ0n) is 12.3. The lowest BCUT2D eigenvalue weighted by Gasteiger charge is -2.24. The van der Waals surface area contributed by atoms with Crippen LogP contribution in [0.3, 0.4) is 0 Å². The first-order chi connectivity index (χ1) is 9.25. The second kappa shape index (κ2) is 6.41. The van der Waals surface area contributed by atoms with Gasteiger partial charge in [-0.2, -0.15) is 0 Å². The zero-order chi connectivity index (χ0) is 15.3. The number of ether oxygens (including phenoxy) is 1. The van der Waals surface area contributed by atoms with Crippen molar-refractivity contribution in [1.29, 1.82) is 0 Å². The van der Waals surface area contributed by atoms with Crippen LogP contribution in [0.5, 0.6) is 5.75 Å². The lowest BCUT2D eigenvalue weighted by atomic mass is 10.0. The average Bonchev–Trinajstić information content (AvgIpc) is 2.36. The molecule has 0 aliphatic heterocycles. The Bertz CT molecular complexity index is 509. The van der Waals surface area contributed by atoms with Crippen molar-refractivity contribution < 1.29 is 19.4 Å². The van der Waals surface area contributed by atoms with Crippen LogP contribution in [-0.4, -0.2) is 29.1 Å². The van der Waals surface area contributed by atoms with Crippen molar-refractivity contribution in [2.75, 3.05) is 6.61 Å². The Kier molecular flexibility index (Phi) is 5.13. The predicted molar refractivity (Wildman–Crippen MR) is 76.1 cm³/mol. The summed E-state index contributed by atoms with van der Waals surface area (Å²) in [6, 6.07) is 4.54. The molecule has 110 valence electrons. The van der Waals surface area contributed by atoms with Gasteiger partial charge in [-0.05, 0) is 51.0 Å². The normalized spacial score (nSPS) is 11.0. The van der Waals surface area contributed by atoms with Crippen LogP contribution in [0.4, 0.5) is 0 Å². The largest absolute Gasteiger partial charge is 0.484 e. The van der Waals surface area contributed by atoms with Crippen molar-refractivity contribution >= 4 is 11.9 Å². The van der Waals surface area contributed by atoms with Crippen LogP contribution in [0.1, 0.15) is 43.1 Å². The number of aryl methyl sites for hydroxylation is 1. The van der Waals surface area contributed by atoms with Crippen molar-refractivity contribution in [3.05, 3.63) is 29.3 Å². The van der Waals surface area contributed by atoms with E-state index < -0.39 is 5.97 Å². The summed E-state index contributed by atoms with van der Waals surface area (Å²) in [5, 5.41) is 11.7. The van der Waals surface area contributed by atoms with Crippen LogP contribution in [0.2, 0.25) is 0 Å². The van der Waals surface area contributed by atoms with Crippen LogP contribution in [0.15, 0.2) is 18.2 Å². The second-order valence-corrected chi connectivity index (χ2v) is 5.36. The minimum absolute atomic E-state index is 0.0866. The maximum atomic E-state index is 11.7. The van der Waals surface area contributed by atoms with E-state index in [1.54, 1.807) is 13.0 Å². The van der Waals surface area contributed by atoms with Gasteiger partial charge in [-0.1, -0.05) is 6.92 Å². The number of carbonyl (C=O) groups is 2. The highest BCUT2D eigenvalue weighted by Crippen LogP contribution is 2.19. The fraction of sp³-hybridized carbons (Fsp3) is 0.467. The Morgan fingerprint density at radius 1 is 1.35 bits per heavy atom. The molecule has 0 aliphatic rings. The molecular formula is C15H21NO4. The molecule has 5 nitrogen and oxygen atoms in total. The fourth-order valence-corrected chi connectivity index (χ4v) is 1.59. The number of hydrogen-bond donors (Lipinski definition) is 2.